The fourth-order valence-corrected chi connectivity index (χ4v) is 5.56. The Morgan fingerprint density at radius 2 is 1.87 bits per heavy atom. The molecule has 4 aromatic rings. The highest BCUT2D eigenvalue weighted by molar-refractivity contribution is 6.31. The van der Waals surface area contributed by atoms with Gasteiger partial charge in [0.15, 0.2) is 5.82 Å². The first-order chi connectivity index (χ1) is 15.0. The Labute approximate surface area is 182 Å². The van der Waals surface area contributed by atoms with Crippen LogP contribution in [0, 0.1) is 5.41 Å². The number of rotatable bonds is 3. The molecule has 2 saturated carbocycles. The van der Waals surface area contributed by atoms with E-state index in [1.165, 1.54) is 0 Å². The second-order valence-corrected chi connectivity index (χ2v) is 9.35. The average Bonchev–Trinajstić information content (AvgIpc) is 3.13. The van der Waals surface area contributed by atoms with Crippen LogP contribution in [0.1, 0.15) is 47.9 Å². The third kappa shape index (κ3) is 3.03. The largest absolute Gasteiger partial charge is 0.347 e. The number of benzene rings is 2. The molecule has 1 amide bonds. The van der Waals surface area contributed by atoms with Gasteiger partial charge in [0.25, 0.3) is 11.5 Å². The zero-order valence-electron chi connectivity index (χ0n) is 16.6. The Bertz CT molecular complexity index is 1390. The molecular weight excluding hydrogens is 414 g/mol. The van der Waals surface area contributed by atoms with Crippen molar-refractivity contribution in [3.63, 3.8) is 0 Å². The monoisotopic (exact) mass is 433 g/mol. The maximum absolute atomic E-state index is 12.6. The SMILES string of the molecule is O=C(N[C@H]1CC2(C1)C[C@H](c1n[nH]c(=O)c3ccccc31)C2)c1nc2ccc(Cl)cc2[nH]1. The van der Waals surface area contributed by atoms with Gasteiger partial charge in [-0.1, -0.05) is 29.8 Å². The molecule has 0 radical (unpaired) electrons. The van der Waals surface area contributed by atoms with Crippen LogP contribution >= 0.6 is 11.6 Å². The fourth-order valence-electron chi connectivity index (χ4n) is 5.39. The molecule has 0 saturated heterocycles. The summed E-state index contributed by atoms with van der Waals surface area (Å²) in [5.74, 6) is 0.475. The summed E-state index contributed by atoms with van der Waals surface area (Å²) >= 11 is 6.00. The van der Waals surface area contributed by atoms with Crippen LogP contribution in [0.25, 0.3) is 21.8 Å². The minimum Gasteiger partial charge on any atom is -0.347 e. The van der Waals surface area contributed by atoms with Crippen LogP contribution in [0.4, 0.5) is 0 Å². The van der Waals surface area contributed by atoms with Crippen molar-refractivity contribution < 1.29 is 4.79 Å². The van der Waals surface area contributed by atoms with Crippen molar-refractivity contribution in [3.8, 4) is 0 Å². The minimum absolute atomic E-state index is 0.146. The van der Waals surface area contributed by atoms with Crippen molar-refractivity contribution in [1.29, 1.82) is 0 Å². The quantitative estimate of drug-likeness (QED) is 0.455. The number of halogens is 1. The lowest BCUT2D eigenvalue weighted by Gasteiger charge is -2.57. The van der Waals surface area contributed by atoms with Crippen molar-refractivity contribution >= 4 is 39.3 Å². The lowest BCUT2D eigenvalue weighted by atomic mass is 9.49. The van der Waals surface area contributed by atoms with Crippen molar-refractivity contribution in [2.75, 3.05) is 0 Å². The molecule has 7 nitrogen and oxygen atoms in total. The number of nitrogens with one attached hydrogen (secondary N) is 3. The second-order valence-electron chi connectivity index (χ2n) is 8.91. The summed E-state index contributed by atoms with van der Waals surface area (Å²) < 4.78 is 0. The van der Waals surface area contributed by atoms with E-state index in [0.717, 1.165) is 47.8 Å². The number of amides is 1. The fraction of sp³-hybridized carbons (Fsp3) is 0.304. The van der Waals surface area contributed by atoms with Crippen LogP contribution in [-0.4, -0.2) is 32.1 Å². The summed E-state index contributed by atoms with van der Waals surface area (Å²) in [6, 6.07) is 13.1. The van der Waals surface area contributed by atoms with Gasteiger partial charge in [-0.15, -0.1) is 0 Å². The molecule has 2 aromatic carbocycles. The number of fused-ring (bicyclic) bond motifs is 2. The zero-order chi connectivity index (χ0) is 21.2. The summed E-state index contributed by atoms with van der Waals surface area (Å²) in [5, 5.41) is 12.3. The molecule has 0 bridgehead atoms. The Morgan fingerprint density at radius 1 is 1.10 bits per heavy atom. The van der Waals surface area contributed by atoms with Crippen molar-refractivity contribution in [3.05, 3.63) is 69.4 Å². The minimum atomic E-state index is -0.184. The van der Waals surface area contributed by atoms with E-state index < -0.39 is 0 Å². The molecule has 8 heteroatoms. The standard InChI is InChI=1S/C23H20ClN5O2/c24-13-5-6-17-18(7-13)27-20(26-17)22(31)25-14-10-23(11-14)8-12(9-23)19-15-3-1-2-4-16(15)21(30)29-28-19/h1-7,12,14H,8-11H2,(H,25,31)(H,26,27)(H,29,30)/t12-,14-,23?. The number of nitrogens with zero attached hydrogens (tertiary/aromatic N) is 2. The Hall–Kier alpha value is -3.19. The van der Waals surface area contributed by atoms with Crippen LogP contribution in [0.5, 0.6) is 0 Å². The van der Waals surface area contributed by atoms with Gasteiger partial charge < -0.3 is 10.3 Å². The van der Waals surface area contributed by atoms with Gasteiger partial charge in [0.1, 0.15) is 0 Å². The molecule has 2 aliphatic rings. The van der Waals surface area contributed by atoms with Crippen LogP contribution in [-0.2, 0) is 0 Å². The molecule has 2 aromatic heterocycles. The van der Waals surface area contributed by atoms with Gasteiger partial charge in [0.05, 0.1) is 22.1 Å². The number of aromatic amines is 2. The molecule has 1 spiro atoms. The molecule has 31 heavy (non-hydrogen) atoms. The Kier molecular flexibility index (Phi) is 3.99. The molecule has 2 heterocycles. The lowest BCUT2D eigenvalue weighted by molar-refractivity contribution is -0.0197. The van der Waals surface area contributed by atoms with Gasteiger partial charge in [-0.3, -0.25) is 9.59 Å². The molecule has 0 aliphatic heterocycles. The highest BCUT2D eigenvalue weighted by Crippen LogP contribution is 2.62. The highest BCUT2D eigenvalue weighted by atomic mass is 35.5. The number of hydrogen-bond acceptors (Lipinski definition) is 4. The molecule has 0 unspecified atom stereocenters. The van der Waals surface area contributed by atoms with E-state index in [4.69, 9.17) is 11.6 Å². The number of carbonyl (C=O) groups excluding carboxylic acids is 1. The van der Waals surface area contributed by atoms with Crippen LogP contribution < -0.4 is 10.9 Å². The van der Waals surface area contributed by atoms with Gasteiger partial charge >= 0.3 is 0 Å². The summed E-state index contributed by atoms with van der Waals surface area (Å²) in [5.41, 5.74) is 2.58. The molecular formula is C23H20ClN5O2. The molecule has 6 rings (SSSR count). The normalized spacial score (nSPS) is 24.8. The van der Waals surface area contributed by atoms with Gasteiger partial charge in [0.2, 0.25) is 0 Å². The van der Waals surface area contributed by atoms with E-state index in [2.05, 4.69) is 25.5 Å². The highest BCUT2D eigenvalue weighted by Gasteiger charge is 2.54. The molecule has 3 N–H and O–H groups in total. The maximum Gasteiger partial charge on any atom is 0.287 e. The molecule has 2 aliphatic carbocycles. The predicted octanol–water partition coefficient (Wildman–Crippen LogP) is 3.91. The van der Waals surface area contributed by atoms with Crippen molar-refractivity contribution in [1.82, 2.24) is 25.5 Å². The number of aromatic nitrogens is 4. The topological polar surface area (TPSA) is 104 Å². The van der Waals surface area contributed by atoms with Crippen molar-refractivity contribution in [2.24, 2.45) is 5.41 Å². The van der Waals surface area contributed by atoms with Gasteiger partial charge in [-0.25, -0.2) is 10.1 Å². The van der Waals surface area contributed by atoms with Crippen LogP contribution in [0.3, 0.4) is 0 Å². The Morgan fingerprint density at radius 3 is 2.68 bits per heavy atom. The van der Waals surface area contributed by atoms with Crippen LogP contribution in [0.2, 0.25) is 5.02 Å². The molecule has 156 valence electrons. The van der Waals surface area contributed by atoms with E-state index in [1.807, 2.05) is 24.3 Å². The second kappa shape index (κ2) is 6.65. The van der Waals surface area contributed by atoms with Crippen molar-refractivity contribution in [2.45, 2.75) is 37.6 Å². The third-order valence-corrected chi connectivity index (χ3v) is 7.06. The summed E-state index contributed by atoms with van der Waals surface area (Å²) in [4.78, 5) is 32.0. The van der Waals surface area contributed by atoms with E-state index in [9.17, 15) is 9.59 Å². The average molecular weight is 434 g/mol. The maximum atomic E-state index is 12.6. The first-order valence-electron chi connectivity index (χ1n) is 10.4. The van der Waals surface area contributed by atoms with E-state index in [-0.39, 0.29) is 22.9 Å². The molecule has 0 atom stereocenters. The van der Waals surface area contributed by atoms with Gasteiger partial charge in [-0.05, 0) is 55.4 Å². The number of carbonyl (C=O) groups is 1. The third-order valence-electron chi connectivity index (χ3n) is 6.82. The Balaban J connectivity index is 1.10. The predicted molar refractivity (Wildman–Crippen MR) is 118 cm³/mol. The summed E-state index contributed by atoms with van der Waals surface area (Å²) in [6.45, 7) is 0. The number of hydrogen-bond donors (Lipinski definition) is 3. The lowest BCUT2D eigenvalue weighted by Crippen LogP contribution is -2.55. The van der Waals surface area contributed by atoms with E-state index in [0.29, 0.717) is 22.2 Å². The zero-order valence-corrected chi connectivity index (χ0v) is 17.4. The number of H-pyrrole nitrogens is 2. The summed E-state index contributed by atoms with van der Waals surface area (Å²) in [6.07, 6.45) is 3.99. The smallest absolute Gasteiger partial charge is 0.287 e. The van der Waals surface area contributed by atoms with Gasteiger partial charge in [0, 0.05) is 22.4 Å². The summed E-state index contributed by atoms with van der Waals surface area (Å²) in [7, 11) is 0. The first kappa shape index (κ1) is 18.6. The number of imidazole rings is 1. The molecule has 2 fully saturated rings. The van der Waals surface area contributed by atoms with E-state index in [1.54, 1.807) is 18.2 Å². The van der Waals surface area contributed by atoms with Crippen LogP contribution in [0.15, 0.2) is 47.3 Å². The van der Waals surface area contributed by atoms with E-state index >= 15 is 0 Å². The first-order valence-corrected chi connectivity index (χ1v) is 10.8. The van der Waals surface area contributed by atoms with Gasteiger partial charge in [-0.2, -0.15) is 5.10 Å².